The summed E-state index contributed by atoms with van der Waals surface area (Å²) in [6, 6.07) is 12.5. The summed E-state index contributed by atoms with van der Waals surface area (Å²) in [6.07, 6.45) is 0. The molecule has 0 heterocycles. The summed E-state index contributed by atoms with van der Waals surface area (Å²) in [4.78, 5) is 0. The van der Waals surface area contributed by atoms with Crippen LogP contribution in [0.1, 0.15) is 0 Å². The summed E-state index contributed by atoms with van der Waals surface area (Å²) in [5.74, 6) is 0. The number of rotatable bonds is 0. The van der Waals surface area contributed by atoms with E-state index in [0.717, 1.165) is 0 Å². The monoisotopic (exact) mass is 261 g/mol. The molecule has 0 saturated carbocycles. The van der Waals surface area contributed by atoms with Crippen LogP contribution in [0.5, 0.6) is 0 Å². The maximum Gasteiger partial charge on any atom is 2.00 e. The van der Waals surface area contributed by atoms with Crippen molar-refractivity contribution in [3.05, 3.63) is 36.4 Å². The molecular formula is C6H5W+. The van der Waals surface area contributed by atoms with Crippen LogP contribution in [0.3, 0.4) is 0 Å². The molecule has 0 aromatic heterocycles. The minimum Gasteiger partial charge on any atom is -0.184 e. The van der Waals surface area contributed by atoms with Gasteiger partial charge in [0.25, 0.3) is 0 Å². The fourth-order valence-corrected chi connectivity index (χ4v) is 0.342. The molecule has 0 spiro atoms. The third-order valence-corrected chi connectivity index (χ3v) is 0.607. The van der Waals surface area contributed by atoms with E-state index in [4.69, 9.17) is 0 Å². The van der Waals surface area contributed by atoms with Gasteiger partial charge in [-0.3, -0.25) is 0 Å². The standard InChI is InChI=1S/C6H5.W/c1-2-4-6-5-3-1;/h1-5H;/q-1;+2. The van der Waals surface area contributed by atoms with E-state index < -0.39 is 0 Å². The molecule has 0 N–H and O–H groups in total. The first kappa shape index (κ1) is 6.91. The molecule has 0 atom stereocenters. The van der Waals surface area contributed by atoms with Crippen LogP contribution in [0.2, 0.25) is 0 Å². The van der Waals surface area contributed by atoms with Gasteiger partial charge in [0.1, 0.15) is 0 Å². The molecule has 34 valence electrons. The van der Waals surface area contributed by atoms with Crippen LogP contribution in [0.4, 0.5) is 0 Å². The first-order valence-electron chi connectivity index (χ1n) is 1.91. The fraction of sp³-hybridized carbons (Fsp3) is 0. The van der Waals surface area contributed by atoms with Crippen LogP contribution in [0, 0.1) is 6.07 Å². The number of hydrogen-bond donors (Lipinski definition) is 0. The van der Waals surface area contributed by atoms with E-state index in [1.54, 1.807) is 0 Å². The van der Waals surface area contributed by atoms with Crippen LogP contribution in [0.15, 0.2) is 30.3 Å². The minimum atomic E-state index is 0. The molecule has 1 rings (SSSR count). The van der Waals surface area contributed by atoms with E-state index in [2.05, 4.69) is 6.07 Å². The Morgan fingerprint density at radius 3 is 1.57 bits per heavy atom. The molecule has 0 nitrogen and oxygen atoms in total. The van der Waals surface area contributed by atoms with Crippen LogP contribution in [-0.2, 0) is 21.1 Å². The molecule has 0 fully saturated rings. The Morgan fingerprint density at radius 2 is 1.43 bits per heavy atom. The molecule has 0 radical (unpaired) electrons. The van der Waals surface area contributed by atoms with Crippen molar-refractivity contribution in [2.24, 2.45) is 0 Å². The van der Waals surface area contributed by atoms with Crippen molar-refractivity contribution in [2.45, 2.75) is 0 Å². The summed E-state index contributed by atoms with van der Waals surface area (Å²) < 4.78 is 0. The van der Waals surface area contributed by atoms with E-state index in [1.165, 1.54) is 0 Å². The SMILES string of the molecule is [W+2].[c-]1ccccc1. The Bertz CT molecular complexity index is 76.1. The van der Waals surface area contributed by atoms with Crippen LogP contribution < -0.4 is 0 Å². The maximum absolute atomic E-state index is 2.89. The zero-order chi connectivity index (χ0) is 4.24. The van der Waals surface area contributed by atoms with Crippen LogP contribution in [-0.4, -0.2) is 0 Å². The average molecular weight is 261 g/mol. The number of benzene rings is 1. The molecule has 1 heteroatoms. The van der Waals surface area contributed by atoms with Gasteiger partial charge in [-0.2, -0.15) is 36.4 Å². The van der Waals surface area contributed by atoms with Gasteiger partial charge in [0.2, 0.25) is 0 Å². The van der Waals surface area contributed by atoms with E-state index in [0.29, 0.717) is 0 Å². The van der Waals surface area contributed by atoms with Gasteiger partial charge >= 0.3 is 21.1 Å². The van der Waals surface area contributed by atoms with Gasteiger partial charge in [-0.15, -0.1) is 0 Å². The largest absolute Gasteiger partial charge is 2.00 e. The molecule has 0 amide bonds. The average Bonchev–Trinajstić information content (AvgIpc) is 1.72. The summed E-state index contributed by atoms with van der Waals surface area (Å²) in [5.41, 5.74) is 0. The second kappa shape index (κ2) is 4.08. The molecular weight excluding hydrogens is 256 g/mol. The first-order valence-corrected chi connectivity index (χ1v) is 1.91. The normalized spacial score (nSPS) is 6.86. The summed E-state index contributed by atoms with van der Waals surface area (Å²) >= 11 is 0. The van der Waals surface area contributed by atoms with Gasteiger partial charge in [-0.1, -0.05) is 0 Å². The predicted molar refractivity (Wildman–Crippen MR) is 25.3 cm³/mol. The molecule has 1 aromatic carbocycles. The second-order valence-corrected chi connectivity index (χ2v) is 1.08. The first-order chi connectivity index (χ1) is 3.00. The third kappa shape index (κ3) is 2.59. The second-order valence-electron chi connectivity index (χ2n) is 1.08. The van der Waals surface area contributed by atoms with Gasteiger partial charge in [0.05, 0.1) is 0 Å². The van der Waals surface area contributed by atoms with Crippen molar-refractivity contribution in [2.75, 3.05) is 0 Å². The molecule has 7 heavy (non-hydrogen) atoms. The van der Waals surface area contributed by atoms with E-state index in [-0.39, 0.29) is 21.1 Å². The van der Waals surface area contributed by atoms with Crippen molar-refractivity contribution in [1.29, 1.82) is 0 Å². The van der Waals surface area contributed by atoms with Gasteiger partial charge in [0.15, 0.2) is 0 Å². The van der Waals surface area contributed by atoms with Crippen molar-refractivity contribution < 1.29 is 21.1 Å². The molecule has 1 aromatic rings. The topological polar surface area (TPSA) is 0 Å². The van der Waals surface area contributed by atoms with Gasteiger partial charge in [-0.25, -0.2) is 0 Å². The Hall–Kier alpha value is -0.0917. The van der Waals surface area contributed by atoms with Gasteiger partial charge in [-0.05, 0) is 0 Å². The van der Waals surface area contributed by atoms with Crippen LogP contribution in [0.25, 0.3) is 0 Å². The maximum atomic E-state index is 2.89. The van der Waals surface area contributed by atoms with E-state index in [9.17, 15) is 0 Å². The molecule has 0 unspecified atom stereocenters. The van der Waals surface area contributed by atoms with E-state index in [1.807, 2.05) is 30.3 Å². The fourth-order valence-electron chi connectivity index (χ4n) is 0.342. The van der Waals surface area contributed by atoms with Crippen molar-refractivity contribution >= 4 is 0 Å². The molecule has 0 aliphatic heterocycles. The third-order valence-electron chi connectivity index (χ3n) is 0.607. The number of hydrogen-bond acceptors (Lipinski definition) is 0. The summed E-state index contributed by atoms with van der Waals surface area (Å²) in [7, 11) is 0. The molecule has 0 bridgehead atoms. The smallest absolute Gasteiger partial charge is 0.184 e. The zero-order valence-corrected chi connectivity index (χ0v) is 6.73. The Kier molecular flexibility index (Phi) is 4.02. The zero-order valence-electron chi connectivity index (χ0n) is 3.79. The molecule has 0 saturated heterocycles. The Labute approximate surface area is 57.8 Å². The molecule has 0 aliphatic rings. The molecule has 0 aliphatic carbocycles. The predicted octanol–water partition coefficient (Wildman–Crippen LogP) is 1.48. The quantitative estimate of drug-likeness (QED) is 0.620. The summed E-state index contributed by atoms with van der Waals surface area (Å²) in [6.45, 7) is 0. The Balaban J connectivity index is 0.000000360. The van der Waals surface area contributed by atoms with Crippen molar-refractivity contribution in [1.82, 2.24) is 0 Å². The minimum absolute atomic E-state index is 0. The Morgan fingerprint density at radius 1 is 0.857 bits per heavy atom. The van der Waals surface area contributed by atoms with E-state index >= 15 is 0 Å². The van der Waals surface area contributed by atoms with Crippen molar-refractivity contribution in [3.63, 3.8) is 0 Å². The van der Waals surface area contributed by atoms with Gasteiger partial charge < -0.3 is 0 Å². The van der Waals surface area contributed by atoms with Crippen molar-refractivity contribution in [3.8, 4) is 0 Å². The van der Waals surface area contributed by atoms with Gasteiger partial charge in [0, 0.05) is 0 Å². The summed E-state index contributed by atoms with van der Waals surface area (Å²) in [5, 5.41) is 0. The van der Waals surface area contributed by atoms with Crippen LogP contribution >= 0.6 is 0 Å².